The van der Waals surface area contributed by atoms with Gasteiger partial charge in [-0.1, -0.05) is 12.1 Å². The molecule has 0 bridgehead atoms. The van der Waals surface area contributed by atoms with Gasteiger partial charge in [-0.3, -0.25) is 4.79 Å². The van der Waals surface area contributed by atoms with Gasteiger partial charge in [0, 0.05) is 21.7 Å². The average molecular weight is 299 g/mol. The van der Waals surface area contributed by atoms with E-state index in [-0.39, 0.29) is 22.3 Å². The minimum Gasteiger partial charge on any atom is -0.508 e. The van der Waals surface area contributed by atoms with Crippen molar-refractivity contribution >= 4 is 27.1 Å². The van der Waals surface area contributed by atoms with E-state index in [9.17, 15) is 19.9 Å². The highest BCUT2D eigenvalue weighted by Crippen LogP contribution is 2.34. The molecular formula is C15H9NO4S. The average Bonchev–Trinajstić information content (AvgIpc) is 2.46. The van der Waals surface area contributed by atoms with Crippen LogP contribution in [0.15, 0.2) is 52.4 Å². The van der Waals surface area contributed by atoms with Crippen LogP contribution in [0.5, 0.6) is 11.5 Å². The highest BCUT2D eigenvalue weighted by atomic mass is 32.1. The maximum atomic E-state index is 12.1. The van der Waals surface area contributed by atoms with E-state index >= 15 is 0 Å². The fourth-order valence-corrected chi connectivity index (χ4v) is 3.23. The molecule has 5 nitrogen and oxygen atoms in total. The first-order valence-corrected chi connectivity index (χ1v) is 6.84. The largest absolute Gasteiger partial charge is 0.508 e. The molecule has 0 fully saturated rings. The van der Waals surface area contributed by atoms with Crippen LogP contribution < -0.4 is 5.43 Å². The van der Waals surface area contributed by atoms with Crippen LogP contribution in [0, 0.1) is 4.91 Å². The molecule has 0 unspecified atom stereocenters. The lowest BCUT2D eigenvalue weighted by atomic mass is 10.1. The molecule has 2 N–H and O–H groups in total. The molecule has 0 saturated heterocycles. The number of rotatable bonds is 2. The Morgan fingerprint density at radius 3 is 2.38 bits per heavy atom. The normalized spacial score (nSPS) is 10.7. The Labute approximate surface area is 122 Å². The van der Waals surface area contributed by atoms with Crippen LogP contribution in [0.2, 0.25) is 0 Å². The molecule has 0 saturated carbocycles. The van der Waals surface area contributed by atoms with Crippen molar-refractivity contribution in [2.24, 2.45) is 5.18 Å². The van der Waals surface area contributed by atoms with Crippen molar-refractivity contribution in [3.63, 3.8) is 0 Å². The molecular weight excluding hydrogens is 290 g/mol. The lowest BCUT2D eigenvalue weighted by Gasteiger charge is -2.05. The number of nitrogens with zero attached hydrogens (tertiary/aromatic N) is 1. The number of fused-ring (bicyclic) bond motifs is 1. The lowest BCUT2D eigenvalue weighted by molar-refractivity contribution is 0.455. The van der Waals surface area contributed by atoms with Crippen molar-refractivity contribution in [1.82, 2.24) is 0 Å². The Bertz CT molecular complexity index is 900. The number of phenolic OH excluding ortho intramolecular Hbond substituents is 2. The van der Waals surface area contributed by atoms with E-state index in [0.717, 1.165) is 11.6 Å². The Balaban J connectivity index is 2.24. The van der Waals surface area contributed by atoms with Gasteiger partial charge in [-0.25, -0.2) is 0 Å². The number of hydrogen-bond donors (Lipinski definition) is 2. The molecule has 0 radical (unpaired) electrons. The van der Waals surface area contributed by atoms with E-state index in [1.165, 1.54) is 23.5 Å². The van der Waals surface area contributed by atoms with Crippen LogP contribution >= 0.6 is 11.3 Å². The van der Waals surface area contributed by atoms with E-state index in [0.29, 0.717) is 15.3 Å². The molecule has 3 aromatic rings. The molecule has 0 amide bonds. The summed E-state index contributed by atoms with van der Waals surface area (Å²) in [6.07, 6.45) is 0. The minimum atomic E-state index is -0.325. The second kappa shape index (κ2) is 4.99. The van der Waals surface area contributed by atoms with Gasteiger partial charge in [0.25, 0.3) is 0 Å². The smallest absolute Gasteiger partial charge is 0.192 e. The van der Waals surface area contributed by atoms with Crippen molar-refractivity contribution in [2.75, 3.05) is 0 Å². The second-order valence-electron chi connectivity index (χ2n) is 4.45. The molecule has 0 aliphatic heterocycles. The fraction of sp³-hybridized carbons (Fsp3) is 0. The van der Waals surface area contributed by atoms with Gasteiger partial charge in [-0.05, 0) is 28.9 Å². The number of phenols is 2. The fourth-order valence-electron chi connectivity index (χ4n) is 2.08. The first-order chi connectivity index (χ1) is 10.1. The Morgan fingerprint density at radius 2 is 1.71 bits per heavy atom. The highest BCUT2D eigenvalue weighted by Gasteiger charge is 2.10. The highest BCUT2D eigenvalue weighted by molar-refractivity contribution is 7.21. The van der Waals surface area contributed by atoms with Crippen LogP contribution in [0.1, 0.15) is 0 Å². The zero-order valence-electron chi connectivity index (χ0n) is 10.6. The molecule has 0 aliphatic carbocycles. The van der Waals surface area contributed by atoms with Gasteiger partial charge in [-0.15, -0.1) is 16.2 Å². The molecule has 104 valence electrons. The predicted octanol–water partition coefficient (Wildman–Crippen LogP) is 3.74. The quantitative estimate of drug-likeness (QED) is 0.706. The zero-order chi connectivity index (χ0) is 15.0. The molecule has 0 spiro atoms. The topological polar surface area (TPSA) is 87.0 Å². The molecule has 1 heterocycles. The van der Waals surface area contributed by atoms with Crippen LogP contribution in [0.25, 0.3) is 20.5 Å². The second-order valence-corrected chi connectivity index (χ2v) is 5.53. The van der Waals surface area contributed by atoms with Crippen LogP contribution in [0.3, 0.4) is 0 Å². The third-order valence-corrected chi connectivity index (χ3v) is 4.17. The van der Waals surface area contributed by atoms with Crippen LogP contribution in [-0.4, -0.2) is 10.2 Å². The Morgan fingerprint density at radius 1 is 1.00 bits per heavy atom. The van der Waals surface area contributed by atoms with Crippen LogP contribution in [0.4, 0.5) is 5.69 Å². The minimum absolute atomic E-state index is 0.103. The van der Waals surface area contributed by atoms with E-state index in [1.54, 1.807) is 24.3 Å². The molecule has 1 aromatic heterocycles. The number of benzene rings is 2. The molecule has 0 atom stereocenters. The van der Waals surface area contributed by atoms with E-state index in [1.807, 2.05) is 0 Å². The van der Waals surface area contributed by atoms with Crippen molar-refractivity contribution in [2.45, 2.75) is 0 Å². The monoisotopic (exact) mass is 299 g/mol. The summed E-state index contributed by atoms with van der Waals surface area (Å²) in [7, 11) is 0. The van der Waals surface area contributed by atoms with Gasteiger partial charge < -0.3 is 10.2 Å². The number of hydrogen-bond acceptors (Lipinski definition) is 6. The first kappa shape index (κ1) is 13.3. The van der Waals surface area contributed by atoms with Gasteiger partial charge in [-0.2, -0.15) is 0 Å². The summed E-state index contributed by atoms with van der Waals surface area (Å²) in [5.41, 5.74) is 0.741. The van der Waals surface area contributed by atoms with Crippen molar-refractivity contribution < 1.29 is 10.2 Å². The molecule has 6 heteroatoms. The van der Waals surface area contributed by atoms with Gasteiger partial charge >= 0.3 is 0 Å². The molecule has 0 aliphatic rings. The zero-order valence-corrected chi connectivity index (χ0v) is 11.4. The summed E-state index contributed by atoms with van der Waals surface area (Å²) < 4.78 is 0.493. The number of nitroso groups, excluding NO2 is 1. The summed E-state index contributed by atoms with van der Waals surface area (Å²) in [4.78, 5) is 23.2. The van der Waals surface area contributed by atoms with Gasteiger partial charge in [0.15, 0.2) is 5.43 Å². The van der Waals surface area contributed by atoms with Crippen molar-refractivity contribution in [3.8, 4) is 21.9 Å². The van der Waals surface area contributed by atoms with Crippen molar-refractivity contribution in [3.05, 3.63) is 57.6 Å². The molecule has 2 aromatic carbocycles. The Hall–Kier alpha value is -2.73. The van der Waals surface area contributed by atoms with Gasteiger partial charge in [0.1, 0.15) is 17.2 Å². The van der Waals surface area contributed by atoms with Crippen LogP contribution in [-0.2, 0) is 0 Å². The van der Waals surface area contributed by atoms with E-state index < -0.39 is 0 Å². The predicted molar refractivity (Wildman–Crippen MR) is 82.3 cm³/mol. The maximum Gasteiger partial charge on any atom is 0.192 e. The molecule has 3 rings (SSSR count). The summed E-state index contributed by atoms with van der Waals surface area (Å²) in [6.45, 7) is 0. The van der Waals surface area contributed by atoms with Crippen molar-refractivity contribution in [1.29, 1.82) is 0 Å². The lowest BCUT2D eigenvalue weighted by Crippen LogP contribution is -1.99. The molecule has 21 heavy (non-hydrogen) atoms. The third kappa shape index (κ3) is 2.36. The summed E-state index contributed by atoms with van der Waals surface area (Å²) in [6, 6.07) is 10.5. The maximum absolute atomic E-state index is 12.1. The summed E-state index contributed by atoms with van der Waals surface area (Å²) in [5, 5.41) is 22.3. The number of aromatic hydroxyl groups is 2. The first-order valence-electron chi connectivity index (χ1n) is 6.02. The summed E-state index contributed by atoms with van der Waals surface area (Å²) in [5.74, 6) is -0.341. The third-order valence-electron chi connectivity index (χ3n) is 3.05. The summed E-state index contributed by atoms with van der Waals surface area (Å²) >= 11 is 1.27. The van der Waals surface area contributed by atoms with E-state index in [4.69, 9.17) is 0 Å². The Kier molecular flexibility index (Phi) is 3.15. The standard InChI is InChI=1S/C15H9NO4S/c17-10-5-11(18)15-12(19)7-13(21-14(15)6-10)8-1-3-9(16-20)4-2-8/h1-7,17-18H. The van der Waals surface area contributed by atoms with E-state index in [2.05, 4.69) is 5.18 Å². The SMILES string of the molecule is O=Nc1ccc(-c2cc(=O)c3c(O)cc(O)cc3s2)cc1. The van der Waals surface area contributed by atoms with Gasteiger partial charge in [0.05, 0.1) is 5.39 Å². The van der Waals surface area contributed by atoms with Gasteiger partial charge in [0.2, 0.25) is 0 Å².